The van der Waals surface area contributed by atoms with Crippen LogP contribution in [-0.2, 0) is 5.92 Å². The standard InChI is InChI=1S/C13H17ClF2N2.ClH/c14-11-3-1-10(2-4-11)13(15,16)9-18-7-5-12(17)6-8-18;/h1-4,12H,5-9,17H2;1H. The minimum absolute atomic E-state index is 0. The van der Waals surface area contributed by atoms with Gasteiger partial charge < -0.3 is 5.73 Å². The summed E-state index contributed by atoms with van der Waals surface area (Å²) in [6.45, 7) is 1.04. The molecule has 0 spiro atoms. The van der Waals surface area contributed by atoms with Crippen molar-refractivity contribution in [2.24, 2.45) is 5.73 Å². The molecule has 2 N–H and O–H groups in total. The van der Waals surface area contributed by atoms with Crippen LogP contribution >= 0.6 is 24.0 Å². The van der Waals surface area contributed by atoms with Crippen molar-refractivity contribution in [1.82, 2.24) is 4.90 Å². The van der Waals surface area contributed by atoms with E-state index in [4.69, 9.17) is 17.3 Å². The SMILES string of the molecule is Cl.NC1CCN(CC(F)(F)c2ccc(Cl)cc2)CC1. The fourth-order valence-corrected chi connectivity index (χ4v) is 2.30. The third-order valence-corrected chi connectivity index (χ3v) is 3.57. The van der Waals surface area contributed by atoms with E-state index in [0.29, 0.717) is 18.1 Å². The Morgan fingerprint density at radius 2 is 1.74 bits per heavy atom. The largest absolute Gasteiger partial charge is 0.328 e. The molecule has 0 bridgehead atoms. The first-order chi connectivity index (χ1) is 8.47. The lowest BCUT2D eigenvalue weighted by atomic mass is 10.0. The Morgan fingerprint density at radius 3 is 2.26 bits per heavy atom. The summed E-state index contributed by atoms with van der Waals surface area (Å²) in [6.07, 6.45) is 1.58. The minimum Gasteiger partial charge on any atom is -0.328 e. The van der Waals surface area contributed by atoms with E-state index in [2.05, 4.69) is 0 Å². The van der Waals surface area contributed by atoms with Crippen LogP contribution in [0.3, 0.4) is 0 Å². The Hall–Kier alpha value is -0.420. The highest BCUT2D eigenvalue weighted by Gasteiger charge is 2.34. The molecule has 1 fully saturated rings. The quantitative estimate of drug-likeness (QED) is 0.928. The second-order valence-corrected chi connectivity index (χ2v) is 5.26. The molecule has 6 heteroatoms. The molecule has 2 nitrogen and oxygen atoms in total. The van der Waals surface area contributed by atoms with E-state index in [1.165, 1.54) is 24.3 Å². The summed E-state index contributed by atoms with van der Waals surface area (Å²) in [6, 6.07) is 5.93. The number of halogens is 4. The number of hydrogen-bond acceptors (Lipinski definition) is 2. The van der Waals surface area contributed by atoms with Crippen LogP contribution in [0.5, 0.6) is 0 Å². The van der Waals surface area contributed by atoms with Crippen molar-refractivity contribution < 1.29 is 8.78 Å². The summed E-state index contributed by atoms with van der Waals surface area (Å²) in [5.41, 5.74) is 5.78. The Bertz CT molecular complexity index is 390. The molecule has 108 valence electrons. The van der Waals surface area contributed by atoms with Crippen LogP contribution in [0.2, 0.25) is 5.02 Å². The Kier molecular flexibility index (Phi) is 5.99. The summed E-state index contributed by atoms with van der Waals surface area (Å²) in [4.78, 5) is 1.78. The predicted octanol–water partition coefficient (Wildman–Crippen LogP) is 3.28. The average molecular weight is 311 g/mol. The molecule has 19 heavy (non-hydrogen) atoms. The maximum Gasteiger partial charge on any atom is 0.285 e. The third kappa shape index (κ3) is 4.56. The van der Waals surface area contributed by atoms with Gasteiger partial charge in [0.1, 0.15) is 0 Å². The average Bonchev–Trinajstić information content (AvgIpc) is 2.32. The topological polar surface area (TPSA) is 29.3 Å². The summed E-state index contributed by atoms with van der Waals surface area (Å²) in [5, 5.41) is 0.471. The van der Waals surface area contributed by atoms with Crippen molar-refractivity contribution in [2.45, 2.75) is 24.8 Å². The number of hydrogen-bond donors (Lipinski definition) is 1. The summed E-state index contributed by atoms with van der Waals surface area (Å²) in [7, 11) is 0. The van der Waals surface area contributed by atoms with Gasteiger partial charge in [-0.25, -0.2) is 0 Å². The second-order valence-electron chi connectivity index (χ2n) is 4.82. The number of nitrogens with zero attached hydrogens (tertiary/aromatic N) is 1. The number of benzene rings is 1. The molecule has 1 aliphatic rings. The van der Waals surface area contributed by atoms with Crippen molar-refractivity contribution in [1.29, 1.82) is 0 Å². The highest BCUT2D eigenvalue weighted by atomic mass is 35.5. The van der Waals surface area contributed by atoms with Gasteiger partial charge in [-0.1, -0.05) is 23.7 Å². The number of likely N-dealkylation sites (tertiary alicyclic amines) is 1. The molecule has 0 aromatic heterocycles. The molecule has 0 atom stereocenters. The van der Waals surface area contributed by atoms with Crippen molar-refractivity contribution in [2.75, 3.05) is 19.6 Å². The molecule has 0 unspecified atom stereocenters. The molecular weight excluding hydrogens is 293 g/mol. The van der Waals surface area contributed by atoms with Crippen LogP contribution in [0.25, 0.3) is 0 Å². The molecule has 0 aliphatic carbocycles. The number of alkyl halides is 2. The van der Waals surface area contributed by atoms with E-state index in [-0.39, 0.29) is 30.6 Å². The van der Waals surface area contributed by atoms with Crippen LogP contribution in [-0.4, -0.2) is 30.6 Å². The van der Waals surface area contributed by atoms with Crippen molar-refractivity contribution in [3.05, 3.63) is 34.9 Å². The Labute approximate surface area is 123 Å². The van der Waals surface area contributed by atoms with Crippen LogP contribution in [0.4, 0.5) is 8.78 Å². The van der Waals surface area contributed by atoms with Crippen LogP contribution in [0.1, 0.15) is 18.4 Å². The highest BCUT2D eigenvalue weighted by Crippen LogP contribution is 2.30. The normalized spacial score (nSPS) is 18.1. The van der Waals surface area contributed by atoms with E-state index in [0.717, 1.165) is 12.8 Å². The molecular formula is C13H18Cl2F2N2. The van der Waals surface area contributed by atoms with Crippen LogP contribution < -0.4 is 5.73 Å². The van der Waals surface area contributed by atoms with Gasteiger partial charge in [-0.15, -0.1) is 12.4 Å². The smallest absolute Gasteiger partial charge is 0.285 e. The first-order valence-corrected chi connectivity index (χ1v) is 6.47. The van der Waals surface area contributed by atoms with Gasteiger partial charge in [0.2, 0.25) is 0 Å². The van der Waals surface area contributed by atoms with Gasteiger partial charge in [0.15, 0.2) is 0 Å². The van der Waals surface area contributed by atoms with Gasteiger partial charge in [-0.3, -0.25) is 4.90 Å². The van der Waals surface area contributed by atoms with Crippen molar-refractivity contribution in [3.8, 4) is 0 Å². The lowest BCUT2D eigenvalue weighted by Crippen LogP contribution is -2.44. The predicted molar refractivity (Wildman–Crippen MR) is 76.2 cm³/mol. The monoisotopic (exact) mass is 310 g/mol. The Morgan fingerprint density at radius 1 is 1.21 bits per heavy atom. The fraction of sp³-hybridized carbons (Fsp3) is 0.538. The summed E-state index contributed by atoms with van der Waals surface area (Å²) >= 11 is 5.70. The van der Waals surface area contributed by atoms with Crippen molar-refractivity contribution >= 4 is 24.0 Å². The van der Waals surface area contributed by atoms with Crippen molar-refractivity contribution in [3.63, 3.8) is 0 Å². The summed E-state index contributed by atoms with van der Waals surface area (Å²) in [5.74, 6) is -2.84. The zero-order chi connectivity index (χ0) is 13.2. The van der Waals surface area contributed by atoms with Gasteiger partial charge in [0.25, 0.3) is 5.92 Å². The molecule has 1 saturated heterocycles. The fourth-order valence-electron chi connectivity index (χ4n) is 2.18. The van der Waals surface area contributed by atoms with Gasteiger partial charge in [-0.05, 0) is 38.1 Å². The van der Waals surface area contributed by atoms with Crippen LogP contribution in [0.15, 0.2) is 24.3 Å². The van der Waals surface area contributed by atoms with Crippen LogP contribution in [0, 0.1) is 0 Å². The molecule has 1 aliphatic heterocycles. The molecule has 1 aromatic carbocycles. The zero-order valence-electron chi connectivity index (χ0n) is 10.5. The van der Waals surface area contributed by atoms with Gasteiger partial charge in [0.05, 0.1) is 6.54 Å². The minimum atomic E-state index is -2.84. The zero-order valence-corrected chi connectivity index (χ0v) is 12.1. The van der Waals surface area contributed by atoms with E-state index in [1.807, 2.05) is 0 Å². The number of nitrogens with two attached hydrogens (primary N) is 1. The lowest BCUT2D eigenvalue weighted by Gasteiger charge is -2.32. The maximum atomic E-state index is 14.1. The number of piperidine rings is 1. The lowest BCUT2D eigenvalue weighted by molar-refractivity contribution is -0.0424. The first kappa shape index (κ1) is 16.6. The first-order valence-electron chi connectivity index (χ1n) is 6.09. The van der Waals surface area contributed by atoms with E-state index in [1.54, 1.807) is 4.90 Å². The molecule has 0 saturated carbocycles. The van der Waals surface area contributed by atoms with E-state index >= 15 is 0 Å². The van der Waals surface area contributed by atoms with Gasteiger partial charge >= 0.3 is 0 Å². The summed E-state index contributed by atoms with van der Waals surface area (Å²) < 4.78 is 28.1. The second kappa shape index (κ2) is 6.84. The van der Waals surface area contributed by atoms with E-state index < -0.39 is 5.92 Å². The van der Waals surface area contributed by atoms with Gasteiger partial charge in [0, 0.05) is 16.6 Å². The van der Waals surface area contributed by atoms with Gasteiger partial charge in [-0.2, -0.15) is 8.78 Å². The maximum absolute atomic E-state index is 14.1. The van der Waals surface area contributed by atoms with E-state index in [9.17, 15) is 8.78 Å². The third-order valence-electron chi connectivity index (χ3n) is 3.32. The molecule has 1 aromatic rings. The molecule has 0 radical (unpaired) electrons. The number of rotatable bonds is 3. The molecule has 2 rings (SSSR count). The Balaban J connectivity index is 0.00000180. The molecule has 0 amide bonds. The highest BCUT2D eigenvalue weighted by molar-refractivity contribution is 6.30. The molecule has 1 heterocycles.